The number of allylic oxidation sites excluding steroid dienone is 2. The molecule has 1 heteroatoms. The third-order valence-corrected chi connectivity index (χ3v) is 1.81. The Balaban J connectivity index is 4.32. The Morgan fingerprint density at radius 3 is 2.27 bits per heavy atom. The lowest BCUT2D eigenvalue weighted by molar-refractivity contribution is -0.118. The molecule has 0 saturated heterocycles. The maximum absolute atomic E-state index is 10.8. The van der Waals surface area contributed by atoms with E-state index in [4.69, 9.17) is 0 Å². The summed E-state index contributed by atoms with van der Waals surface area (Å²) in [4.78, 5) is 10.8. The highest BCUT2D eigenvalue weighted by Gasteiger charge is 2.21. The Kier molecular flexibility index (Phi) is 3.24. The van der Waals surface area contributed by atoms with Gasteiger partial charge >= 0.3 is 0 Å². The Hall–Kier alpha value is -0.850. The summed E-state index contributed by atoms with van der Waals surface area (Å²) in [6, 6.07) is 0. The van der Waals surface area contributed by atoms with E-state index in [0.29, 0.717) is 6.42 Å². The van der Waals surface area contributed by atoms with Crippen LogP contribution in [0.5, 0.6) is 0 Å². The highest BCUT2D eigenvalue weighted by atomic mass is 16.1. The van der Waals surface area contributed by atoms with Crippen molar-refractivity contribution >= 4 is 5.78 Å². The van der Waals surface area contributed by atoms with Gasteiger partial charge in [-0.3, -0.25) is 4.79 Å². The van der Waals surface area contributed by atoms with Crippen LogP contribution in [0.1, 0.15) is 27.2 Å². The maximum atomic E-state index is 10.8. The van der Waals surface area contributed by atoms with Crippen LogP contribution in [-0.2, 0) is 4.79 Å². The van der Waals surface area contributed by atoms with Gasteiger partial charge in [0.15, 0.2) is 0 Å². The molecule has 0 aliphatic heterocycles. The fraction of sp³-hybridized carbons (Fsp3) is 0.500. The second kappa shape index (κ2) is 3.51. The number of carbonyl (C=O) groups excluding carboxylic acids is 1. The van der Waals surface area contributed by atoms with E-state index in [1.807, 2.05) is 13.8 Å². The van der Waals surface area contributed by atoms with Crippen molar-refractivity contribution in [2.24, 2.45) is 5.41 Å². The molecule has 0 aliphatic rings. The quantitative estimate of drug-likeness (QED) is 0.566. The Bertz CT molecular complexity index is 187. The fourth-order valence-corrected chi connectivity index (χ4v) is 1.01. The first-order chi connectivity index (χ1) is 4.90. The molecular weight excluding hydrogens is 136 g/mol. The zero-order valence-corrected chi connectivity index (χ0v) is 7.61. The minimum Gasteiger partial charge on any atom is -0.300 e. The number of Topliss-reactive ketones (excluding diaryl/α,β-unsaturated/α-hetero) is 1. The predicted molar refractivity (Wildman–Crippen MR) is 48.4 cm³/mol. The van der Waals surface area contributed by atoms with Gasteiger partial charge in [0.05, 0.1) is 0 Å². The zero-order valence-electron chi connectivity index (χ0n) is 7.61. The predicted octanol–water partition coefficient (Wildman–Crippen LogP) is 2.73. The molecule has 0 fully saturated rings. The third kappa shape index (κ3) is 3.17. The third-order valence-electron chi connectivity index (χ3n) is 1.81. The molecule has 0 unspecified atom stereocenters. The number of hydrogen-bond donors (Lipinski definition) is 0. The standard InChI is InChI=1S/C10H16O/c1-6-8(2)10(4,5)7-9(3)11/h6H,1-2,7H2,3-5H3. The lowest BCUT2D eigenvalue weighted by atomic mass is 9.81. The molecule has 0 aromatic rings. The van der Waals surface area contributed by atoms with E-state index < -0.39 is 0 Å². The van der Waals surface area contributed by atoms with Crippen molar-refractivity contribution in [3.05, 3.63) is 24.8 Å². The molecule has 1 nitrogen and oxygen atoms in total. The van der Waals surface area contributed by atoms with Gasteiger partial charge in [-0.25, -0.2) is 0 Å². The van der Waals surface area contributed by atoms with Gasteiger partial charge < -0.3 is 0 Å². The van der Waals surface area contributed by atoms with Crippen molar-refractivity contribution in [3.8, 4) is 0 Å². The maximum Gasteiger partial charge on any atom is 0.130 e. The van der Waals surface area contributed by atoms with Gasteiger partial charge in [0.1, 0.15) is 5.78 Å². The largest absolute Gasteiger partial charge is 0.300 e. The van der Waals surface area contributed by atoms with E-state index in [2.05, 4.69) is 13.2 Å². The van der Waals surface area contributed by atoms with Crippen LogP contribution in [0.4, 0.5) is 0 Å². The van der Waals surface area contributed by atoms with Gasteiger partial charge in [-0.05, 0) is 17.9 Å². The highest BCUT2D eigenvalue weighted by molar-refractivity contribution is 5.76. The molecule has 0 radical (unpaired) electrons. The molecule has 0 amide bonds. The van der Waals surface area contributed by atoms with Crippen LogP contribution in [0, 0.1) is 5.41 Å². The summed E-state index contributed by atoms with van der Waals surface area (Å²) in [6.07, 6.45) is 2.25. The lowest BCUT2D eigenvalue weighted by Gasteiger charge is -2.23. The Morgan fingerprint density at radius 2 is 2.00 bits per heavy atom. The van der Waals surface area contributed by atoms with Crippen LogP contribution < -0.4 is 0 Å². The van der Waals surface area contributed by atoms with Gasteiger partial charge in [0.2, 0.25) is 0 Å². The molecule has 0 aromatic carbocycles. The minimum atomic E-state index is -0.131. The molecule has 0 atom stereocenters. The van der Waals surface area contributed by atoms with Crippen LogP contribution in [0.25, 0.3) is 0 Å². The highest BCUT2D eigenvalue weighted by Crippen LogP contribution is 2.29. The summed E-state index contributed by atoms with van der Waals surface area (Å²) in [6.45, 7) is 13.0. The molecule has 62 valence electrons. The Morgan fingerprint density at radius 1 is 1.55 bits per heavy atom. The summed E-state index contributed by atoms with van der Waals surface area (Å²) < 4.78 is 0. The molecule has 0 spiro atoms. The van der Waals surface area contributed by atoms with E-state index >= 15 is 0 Å². The van der Waals surface area contributed by atoms with E-state index in [1.165, 1.54) is 0 Å². The molecule has 0 bridgehead atoms. The van der Waals surface area contributed by atoms with Crippen molar-refractivity contribution in [1.29, 1.82) is 0 Å². The van der Waals surface area contributed by atoms with E-state index in [0.717, 1.165) is 5.57 Å². The summed E-state index contributed by atoms with van der Waals surface area (Å²) in [5, 5.41) is 0. The molecule has 0 N–H and O–H groups in total. The zero-order chi connectivity index (χ0) is 9.07. The van der Waals surface area contributed by atoms with Crippen molar-refractivity contribution in [2.75, 3.05) is 0 Å². The number of hydrogen-bond acceptors (Lipinski definition) is 1. The van der Waals surface area contributed by atoms with Gasteiger partial charge in [-0.15, -0.1) is 0 Å². The van der Waals surface area contributed by atoms with Gasteiger partial charge in [0, 0.05) is 6.42 Å². The lowest BCUT2D eigenvalue weighted by Crippen LogP contribution is -2.16. The van der Waals surface area contributed by atoms with Gasteiger partial charge in [-0.2, -0.15) is 0 Å². The molecular formula is C10H16O. The molecule has 0 aliphatic carbocycles. The van der Waals surface area contributed by atoms with Crippen LogP contribution in [0.3, 0.4) is 0 Å². The molecule has 0 saturated carbocycles. The first kappa shape index (κ1) is 10.2. The minimum absolute atomic E-state index is 0.131. The van der Waals surface area contributed by atoms with E-state index in [-0.39, 0.29) is 11.2 Å². The van der Waals surface area contributed by atoms with Crippen molar-refractivity contribution in [3.63, 3.8) is 0 Å². The summed E-state index contributed by atoms with van der Waals surface area (Å²) in [7, 11) is 0. The second-order valence-electron chi connectivity index (χ2n) is 3.49. The molecule has 0 rings (SSSR count). The first-order valence-electron chi connectivity index (χ1n) is 3.71. The normalized spacial score (nSPS) is 10.8. The van der Waals surface area contributed by atoms with Gasteiger partial charge in [-0.1, -0.05) is 33.1 Å². The second-order valence-corrected chi connectivity index (χ2v) is 3.49. The molecule has 0 aromatic heterocycles. The van der Waals surface area contributed by atoms with Crippen molar-refractivity contribution < 1.29 is 4.79 Å². The average Bonchev–Trinajstić information content (AvgIpc) is 1.83. The summed E-state index contributed by atoms with van der Waals surface area (Å²) >= 11 is 0. The van der Waals surface area contributed by atoms with Crippen molar-refractivity contribution in [1.82, 2.24) is 0 Å². The van der Waals surface area contributed by atoms with Crippen LogP contribution in [0.15, 0.2) is 24.8 Å². The van der Waals surface area contributed by atoms with Crippen LogP contribution >= 0.6 is 0 Å². The SMILES string of the molecule is C=CC(=C)C(C)(C)CC(C)=O. The summed E-state index contributed by atoms with van der Waals surface area (Å²) in [5.74, 6) is 0.193. The first-order valence-corrected chi connectivity index (χ1v) is 3.71. The Labute approximate surface area is 68.8 Å². The number of carbonyl (C=O) groups is 1. The van der Waals surface area contributed by atoms with Gasteiger partial charge in [0.25, 0.3) is 0 Å². The smallest absolute Gasteiger partial charge is 0.130 e. The van der Waals surface area contributed by atoms with Crippen LogP contribution in [0.2, 0.25) is 0 Å². The summed E-state index contributed by atoms with van der Waals surface area (Å²) in [5.41, 5.74) is 0.792. The topological polar surface area (TPSA) is 17.1 Å². The monoisotopic (exact) mass is 152 g/mol. The molecule has 0 heterocycles. The number of rotatable bonds is 4. The molecule has 11 heavy (non-hydrogen) atoms. The average molecular weight is 152 g/mol. The van der Waals surface area contributed by atoms with E-state index in [1.54, 1.807) is 13.0 Å². The van der Waals surface area contributed by atoms with Crippen molar-refractivity contribution in [2.45, 2.75) is 27.2 Å². The number of ketones is 1. The van der Waals surface area contributed by atoms with Crippen LogP contribution in [-0.4, -0.2) is 5.78 Å². The van der Waals surface area contributed by atoms with E-state index in [9.17, 15) is 4.79 Å². The fourth-order valence-electron chi connectivity index (χ4n) is 1.01.